The number of rotatable bonds is 21. The SMILES string of the molecule is COC(C)COCC(O)C(OC)C(OCC(C)OC)C(COCC1CO1)OCC(C)OC. The molecular formula is C22H44O10. The third-order valence-electron chi connectivity index (χ3n) is 5.25. The Morgan fingerprint density at radius 2 is 1.28 bits per heavy atom. The van der Waals surface area contributed by atoms with Crippen molar-refractivity contribution in [2.75, 3.05) is 74.7 Å². The van der Waals surface area contributed by atoms with Crippen LogP contribution in [0.3, 0.4) is 0 Å². The van der Waals surface area contributed by atoms with Crippen LogP contribution in [0.2, 0.25) is 0 Å². The lowest BCUT2D eigenvalue weighted by Gasteiger charge is -2.36. The lowest BCUT2D eigenvalue weighted by Crippen LogP contribution is -2.52. The van der Waals surface area contributed by atoms with Crippen LogP contribution >= 0.6 is 0 Å². The van der Waals surface area contributed by atoms with Crippen molar-refractivity contribution >= 4 is 0 Å². The molecule has 8 atom stereocenters. The van der Waals surface area contributed by atoms with Gasteiger partial charge in [0.25, 0.3) is 0 Å². The molecule has 1 N–H and O–H groups in total. The second-order valence-electron chi connectivity index (χ2n) is 8.11. The van der Waals surface area contributed by atoms with Crippen molar-refractivity contribution in [3.8, 4) is 0 Å². The topological polar surface area (TPSA) is 107 Å². The minimum atomic E-state index is -0.954. The van der Waals surface area contributed by atoms with E-state index in [1.54, 1.807) is 21.3 Å². The van der Waals surface area contributed by atoms with Gasteiger partial charge < -0.3 is 47.7 Å². The average molecular weight is 469 g/mol. The molecule has 192 valence electrons. The molecule has 1 aliphatic heterocycles. The quantitative estimate of drug-likeness (QED) is 0.242. The largest absolute Gasteiger partial charge is 0.388 e. The molecule has 10 nitrogen and oxygen atoms in total. The molecule has 0 aliphatic carbocycles. The van der Waals surface area contributed by atoms with Crippen molar-refractivity contribution in [1.82, 2.24) is 0 Å². The zero-order valence-corrected chi connectivity index (χ0v) is 20.7. The highest BCUT2D eigenvalue weighted by molar-refractivity contribution is 4.86. The van der Waals surface area contributed by atoms with Gasteiger partial charge in [0, 0.05) is 28.4 Å². The van der Waals surface area contributed by atoms with E-state index in [4.69, 9.17) is 42.6 Å². The fourth-order valence-corrected chi connectivity index (χ4v) is 2.80. The number of aliphatic hydroxyl groups is 1. The lowest BCUT2D eigenvalue weighted by atomic mass is 10.0. The van der Waals surface area contributed by atoms with Crippen molar-refractivity contribution in [2.24, 2.45) is 0 Å². The summed E-state index contributed by atoms with van der Waals surface area (Å²) in [7, 11) is 6.37. The molecule has 0 aromatic rings. The molecule has 0 spiro atoms. The van der Waals surface area contributed by atoms with E-state index in [0.717, 1.165) is 0 Å². The Bertz CT molecular complexity index is 450. The first-order chi connectivity index (χ1) is 15.4. The van der Waals surface area contributed by atoms with Gasteiger partial charge in [-0.3, -0.25) is 0 Å². The number of hydrogen-bond acceptors (Lipinski definition) is 10. The Morgan fingerprint density at radius 3 is 1.81 bits per heavy atom. The smallest absolute Gasteiger partial charge is 0.115 e. The maximum Gasteiger partial charge on any atom is 0.115 e. The van der Waals surface area contributed by atoms with Gasteiger partial charge in [0.05, 0.1) is 64.6 Å². The summed E-state index contributed by atoms with van der Waals surface area (Å²) in [6.45, 7) is 8.15. The van der Waals surface area contributed by atoms with Crippen LogP contribution in [0, 0.1) is 0 Å². The first-order valence-corrected chi connectivity index (χ1v) is 11.2. The monoisotopic (exact) mass is 468 g/mol. The standard InChI is InChI=1S/C22H44O10/c1-15(24-4)8-28-13-19(23)21(27-7)22(32-10-17(3)26-6)20(31-9-16(2)25-5)14-29-11-18-12-30-18/h15-23H,8-14H2,1-7H3. The molecule has 0 radical (unpaired) electrons. The van der Waals surface area contributed by atoms with Crippen LogP contribution < -0.4 is 0 Å². The number of hydrogen-bond donors (Lipinski definition) is 1. The van der Waals surface area contributed by atoms with E-state index in [1.165, 1.54) is 7.11 Å². The van der Waals surface area contributed by atoms with Gasteiger partial charge in [-0.1, -0.05) is 0 Å². The van der Waals surface area contributed by atoms with Gasteiger partial charge in [0.1, 0.15) is 30.5 Å². The zero-order valence-electron chi connectivity index (χ0n) is 20.7. The normalized spacial score (nSPS) is 22.7. The summed E-state index contributed by atoms with van der Waals surface area (Å²) in [6.07, 6.45) is -3.06. The molecule has 1 fully saturated rings. The van der Waals surface area contributed by atoms with Crippen molar-refractivity contribution < 1.29 is 47.7 Å². The molecule has 0 amide bonds. The summed E-state index contributed by atoms with van der Waals surface area (Å²) in [5, 5.41) is 10.8. The number of ether oxygens (including phenoxy) is 9. The van der Waals surface area contributed by atoms with Gasteiger partial charge in [0.2, 0.25) is 0 Å². The molecule has 10 heteroatoms. The predicted octanol–water partition coefficient (Wildman–Crippen LogP) is 0.669. The maximum absolute atomic E-state index is 10.8. The molecule has 0 aromatic carbocycles. The third-order valence-corrected chi connectivity index (χ3v) is 5.25. The van der Waals surface area contributed by atoms with Crippen LogP contribution in [0.25, 0.3) is 0 Å². The van der Waals surface area contributed by atoms with E-state index in [2.05, 4.69) is 0 Å². The number of epoxide rings is 1. The lowest BCUT2D eigenvalue weighted by molar-refractivity contribution is -0.193. The highest BCUT2D eigenvalue weighted by Gasteiger charge is 2.37. The van der Waals surface area contributed by atoms with Gasteiger partial charge in [-0.2, -0.15) is 0 Å². The summed E-state index contributed by atoms with van der Waals surface area (Å²) in [6, 6.07) is 0. The summed E-state index contributed by atoms with van der Waals surface area (Å²) < 4.78 is 50.4. The zero-order chi connectivity index (χ0) is 23.9. The molecule has 1 saturated heterocycles. The second kappa shape index (κ2) is 17.1. The number of methoxy groups -OCH3 is 4. The Balaban J connectivity index is 2.88. The van der Waals surface area contributed by atoms with Gasteiger partial charge in [0.15, 0.2) is 0 Å². The Morgan fingerprint density at radius 1 is 0.719 bits per heavy atom. The van der Waals surface area contributed by atoms with Crippen LogP contribution in [0.5, 0.6) is 0 Å². The summed E-state index contributed by atoms with van der Waals surface area (Å²) in [5.41, 5.74) is 0. The molecule has 0 saturated carbocycles. The third kappa shape index (κ3) is 12.2. The van der Waals surface area contributed by atoms with Crippen LogP contribution in [-0.2, 0) is 42.6 Å². The van der Waals surface area contributed by atoms with Crippen LogP contribution in [0.1, 0.15) is 20.8 Å². The Hall–Kier alpha value is -0.400. The van der Waals surface area contributed by atoms with E-state index in [9.17, 15) is 5.11 Å². The van der Waals surface area contributed by atoms with Crippen LogP contribution in [-0.4, -0.2) is 129 Å². The molecule has 1 rings (SSSR count). The first-order valence-electron chi connectivity index (χ1n) is 11.2. The fourth-order valence-electron chi connectivity index (χ4n) is 2.80. The molecule has 1 heterocycles. The summed E-state index contributed by atoms with van der Waals surface area (Å²) in [4.78, 5) is 0. The van der Waals surface area contributed by atoms with Gasteiger partial charge in [-0.25, -0.2) is 0 Å². The van der Waals surface area contributed by atoms with E-state index in [1.807, 2.05) is 20.8 Å². The molecular weight excluding hydrogens is 424 g/mol. The Kier molecular flexibility index (Phi) is 15.8. The van der Waals surface area contributed by atoms with Crippen molar-refractivity contribution in [3.63, 3.8) is 0 Å². The van der Waals surface area contributed by atoms with E-state index >= 15 is 0 Å². The second-order valence-corrected chi connectivity index (χ2v) is 8.11. The van der Waals surface area contributed by atoms with E-state index in [0.29, 0.717) is 33.0 Å². The number of aliphatic hydroxyl groups excluding tert-OH is 1. The van der Waals surface area contributed by atoms with E-state index < -0.39 is 24.4 Å². The minimum Gasteiger partial charge on any atom is -0.388 e. The summed E-state index contributed by atoms with van der Waals surface area (Å²) in [5.74, 6) is 0. The molecule has 0 aromatic heterocycles. The fraction of sp³-hybridized carbons (Fsp3) is 1.00. The Labute approximate surface area is 192 Å². The van der Waals surface area contributed by atoms with Crippen LogP contribution in [0.15, 0.2) is 0 Å². The minimum absolute atomic E-state index is 0.0594. The predicted molar refractivity (Wildman–Crippen MR) is 117 cm³/mol. The van der Waals surface area contributed by atoms with E-state index in [-0.39, 0.29) is 37.6 Å². The highest BCUT2D eigenvalue weighted by atomic mass is 16.6. The highest BCUT2D eigenvalue weighted by Crippen LogP contribution is 2.19. The van der Waals surface area contributed by atoms with Gasteiger partial charge >= 0.3 is 0 Å². The van der Waals surface area contributed by atoms with Crippen LogP contribution in [0.4, 0.5) is 0 Å². The summed E-state index contributed by atoms with van der Waals surface area (Å²) >= 11 is 0. The first kappa shape index (κ1) is 29.6. The van der Waals surface area contributed by atoms with Gasteiger partial charge in [-0.15, -0.1) is 0 Å². The van der Waals surface area contributed by atoms with Gasteiger partial charge in [-0.05, 0) is 20.8 Å². The maximum atomic E-state index is 10.8. The molecule has 32 heavy (non-hydrogen) atoms. The van der Waals surface area contributed by atoms with Crippen molar-refractivity contribution in [3.05, 3.63) is 0 Å². The average Bonchev–Trinajstić information content (AvgIpc) is 3.62. The molecule has 1 aliphatic rings. The van der Waals surface area contributed by atoms with Crippen molar-refractivity contribution in [2.45, 2.75) is 69.6 Å². The van der Waals surface area contributed by atoms with Crippen molar-refractivity contribution in [1.29, 1.82) is 0 Å². The molecule has 0 bridgehead atoms. The molecule has 8 unspecified atom stereocenters.